The van der Waals surface area contributed by atoms with Crippen molar-refractivity contribution in [2.45, 2.75) is 32.6 Å². The quantitative estimate of drug-likeness (QED) is 0.837. The van der Waals surface area contributed by atoms with Gasteiger partial charge in [0.2, 0.25) is 0 Å². The maximum atomic E-state index is 11.6. The van der Waals surface area contributed by atoms with Gasteiger partial charge in [0.05, 0.1) is 16.7 Å². The highest BCUT2D eigenvalue weighted by Crippen LogP contribution is 2.16. The summed E-state index contributed by atoms with van der Waals surface area (Å²) in [5.41, 5.74) is 7.07. The highest BCUT2D eigenvalue weighted by molar-refractivity contribution is 7.91. The van der Waals surface area contributed by atoms with E-state index in [1.165, 1.54) is 0 Å². The molecule has 0 aliphatic rings. The van der Waals surface area contributed by atoms with Crippen molar-refractivity contribution in [3.63, 3.8) is 0 Å². The third-order valence-corrected chi connectivity index (χ3v) is 4.78. The molecule has 5 nitrogen and oxygen atoms in total. The lowest BCUT2D eigenvalue weighted by molar-refractivity contribution is 0.335. The van der Waals surface area contributed by atoms with Crippen molar-refractivity contribution in [1.82, 2.24) is 4.98 Å². The molecule has 0 saturated carbocycles. The van der Waals surface area contributed by atoms with Crippen LogP contribution in [0.4, 0.5) is 0 Å². The van der Waals surface area contributed by atoms with E-state index in [-0.39, 0.29) is 24.2 Å². The monoisotopic (exact) mass is 272 g/mol. The SMILES string of the molecule is Cc1ccc(OCCS(=O)(=O)C(C)C)c(CN)n1. The number of hydrogen-bond donors (Lipinski definition) is 1. The predicted octanol–water partition coefficient (Wildman–Crippen LogP) is 1.05. The van der Waals surface area contributed by atoms with Crippen molar-refractivity contribution in [2.24, 2.45) is 5.73 Å². The number of hydrogen-bond acceptors (Lipinski definition) is 5. The molecule has 0 bridgehead atoms. The minimum absolute atomic E-state index is 0.00253. The number of aryl methyl sites for hydroxylation is 1. The molecule has 102 valence electrons. The Morgan fingerprint density at radius 1 is 1.39 bits per heavy atom. The summed E-state index contributed by atoms with van der Waals surface area (Å²) in [6.45, 7) is 5.58. The van der Waals surface area contributed by atoms with Gasteiger partial charge in [0, 0.05) is 12.2 Å². The maximum absolute atomic E-state index is 11.6. The number of aromatic nitrogens is 1. The topological polar surface area (TPSA) is 82.3 Å². The summed E-state index contributed by atoms with van der Waals surface area (Å²) in [6, 6.07) is 3.58. The average molecular weight is 272 g/mol. The summed E-state index contributed by atoms with van der Waals surface area (Å²) < 4.78 is 28.7. The molecule has 0 spiro atoms. The van der Waals surface area contributed by atoms with Gasteiger partial charge in [-0.15, -0.1) is 0 Å². The van der Waals surface area contributed by atoms with Gasteiger partial charge in [-0.25, -0.2) is 8.42 Å². The Labute approximate surface area is 108 Å². The Balaban J connectivity index is 2.65. The van der Waals surface area contributed by atoms with E-state index >= 15 is 0 Å². The third kappa shape index (κ3) is 3.96. The van der Waals surface area contributed by atoms with Crippen LogP contribution in [0, 0.1) is 6.92 Å². The maximum Gasteiger partial charge on any atom is 0.155 e. The standard InChI is InChI=1S/C12H20N2O3S/c1-9(2)18(15,16)7-6-17-12-5-4-10(3)14-11(12)8-13/h4-5,9H,6-8,13H2,1-3H3. The smallest absolute Gasteiger partial charge is 0.155 e. The zero-order valence-electron chi connectivity index (χ0n) is 11.0. The molecule has 0 saturated heterocycles. The highest BCUT2D eigenvalue weighted by Gasteiger charge is 2.16. The van der Waals surface area contributed by atoms with E-state index in [1.54, 1.807) is 19.9 Å². The fourth-order valence-corrected chi connectivity index (χ4v) is 2.17. The van der Waals surface area contributed by atoms with Crippen LogP contribution in [-0.4, -0.2) is 31.0 Å². The van der Waals surface area contributed by atoms with Gasteiger partial charge in [-0.05, 0) is 32.9 Å². The van der Waals surface area contributed by atoms with Crippen LogP contribution in [-0.2, 0) is 16.4 Å². The fourth-order valence-electron chi connectivity index (χ4n) is 1.38. The van der Waals surface area contributed by atoms with E-state index in [0.717, 1.165) is 5.69 Å². The normalized spacial score (nSPS) is 11.8. The molecular formula is C12H20N2O3S. The molecule has 0 amide bonds. The largest absolute Gasteiger partial charge is 0.491 e. The molecule has 18 heavy (non-hydrogen) atoms. The summed E-state index contributed by atoms with van der Waals surface area (Å²) in [4.78, 5) is 4.24. The Morgan fingerprint density at radius 2 is 2.06 bits per heavy atom. The Kier molecular flexibility index (Phi) is 5.10. The summed E-state index contributed by atoms with van der Waals surface area (Å²) in [6.07, 6.45) is 0. The number of sulfone groups is 1. The van der Waals surface area contributed by atoms with Crippen LogP contribution in [0.2, 0.25) is 0 Å². The van der Waals surface area contributed by atoms with E-state index in [9.17, 15) is 8.42 Å². The van der Waals surface area contributed by atoms with Crippen molar-refractivity contribution < 1.29 is 13.2 Å². The molecule has 0 fully saturated rings. The lowest BCUT2D eigenvalue weighted by atomic mass is 10.3. The van der Waals surface area contributed by atoms with E-state index in [2.05, 4.69) is 4.98 Å². The van der Waals surface area contributed by atoms with Gasteiger partial charge >= 0.3 is 0 Å². The molecule has 0 unspecified atom stereocenters. The molecule has 1 aromatic heterocycles. The van der Waals surface area contributed by atoms with Crippen molar-refractivity contribution in [3.05, 3.63) is 23.5 Å². The van der Waals surface area contributed by atoms with Gasteiger partial charge in [0.25, 0.3) is 0 Å². The first kappa shape index (κ1) is 14.9. The highest BCUT2D eigenvalue weighted by atomic mass is 32.2. The summed E-state index contributed by atoms with van der Waals surface area (Å²) in [7, 11) is -3.07. The molecule has 1 heterocycles. The lowest BCUT2D eigenvalue weighted by Gasteiger charge is -2.11. The Hall–Kier alpha value is -1.14. The van der Waals surface area contributed by atoms with Crippen molar-refractivity contribution in [3.8, 4) is 5.75 Å². The zero-order chi connectivity index (χ0) is 13.8. The van der Waals surface area contributed by atoms with Gasteiger partial charge in [0.1, 0.15) is 12.4 Å². The van der Waals surface area contributed by atoms with Crippen LogP contribution in [0.15, 0.2) is 12.1 Å². The average Bonchev–Trinajstić information content (AvgIpc) is 2.30. The zero-order valence-corrected chi connectivity index (χ0v) is 11.8. The number of nitrogens with zero attached hydrogens (tertiary/aromatic N) is 1. The summed E-state index contributed by atoms with van der Waals surface area (Å²) in [5, 5.41) is -0.383. The molecule has 0 aliphatic heterocycles. The number of nitrogens with two attached hydrogens (primary N) is 1. The second-order valence-electron chi connectivity index (χ2n) is 4.37. The number of ether oxygens (including phenoxy) is 1. The molecule has 1 aromatic rings. The van der Waals surface area contributed by atoms with Crippen LogP contribution in [0.5, 0.6) is 5.75 Å². The van der Waals surface area contributed by atoms with Crippen LogP contribution in [0.3, 0.4) is 0 Å². The first-order valence-corrected chi connectivity index (χ1v) is 7.59. The fraction of sp³-hybridized carbons (Fsp3) is 0.583. The minimum Gasteiger partial charge on any atom is -0.491 e. The summed E-state index contributed by atoms with van der Waals surface area (Å²) in [5.74, 6) is 0.560. The van der Waals surface area contributed by atoms with E-state index in [4.69, 9.17) is 10.5 Å². The molecule has 0 atom stereocenters. The van der Waals surface area contributed by atoms with Crippen LogP contribution in [0.1, 0.15) is 25.2 Å². The van der Waals surface area contributed by atoms with Crippen LogP contribution >= 0.6 is 0 Å². The van der Waals surface area contributed by atoms with E-state index in [1.807, 2.05) is 13.0 Å². The summed E-state index contributed by atoms with van der Waals surface area (Å²) >= 11 is 0. The predicted molar refractivity (Wildman–Crippen MR) is 71.3 cm³/mol. The molecular weight excluding hydrogens is 252 g/mol. The minimum atomic E-state index is -3.07. The van der Waals surface area contributed by atoms with Crippen molar-refractivity contribution >= 4 is 9.84 Å². The van der Waals surface area contributed by atoms with Gasteiger partial charge in [-0.1, -0.05) is 0 Å². The van der Waals surface area contributed by atoms with Crippen molar-refractivity contribution in [2.75, 3.05) is 12.4 Å². The Bertz CT molecular complexity index is 498. The van der Waals surface area contributed by atoms with Gasteiger partial charge < -0.3 is 10.5 Å². The molecule has 1 rings (SSSR count). The second kappa shape index (κ2) is 6.15. The van der Waals surface area contributed by atoms with E-state index in [0.29, 0.717) is 11.4 Å². The van der Waals surface area contributed by atoms with E-state index < -0.39 is 9.84 Å². The molecule has 6 heteroatoms. The van der Waals surface area contributed by atoms with Gasteiger partial charge in [-0.3, -0.25) is 4.98 Å². The molecule has 2 N–H and O–H groups in total. The number of rotatable bonds is 6. The van der Waals surface area contributed by atoms with Gasteiger partial charge in [-0.2, -0.15) is 0 Å². The van der Waals surface area contributed by atoms with Crippen LogP contribution < -0.4 is 10.5 Å². The number of pyridine rings is 1. The van der Waals surface area contributed by atoms with Crippen LogP contribution in [0.25, 0.3) is 0 Å². The lowest BCUT2D eigenvalue weighted by Crippen LogP contribution is -2.22. The second-order valence-corrected chi connectivity index (χ2v) is 7.04. The van der Waals surface area contributed by atoms with Crippen molar-refractivity contribution in [1.29, 1.82) is 0 Å². The van der Waals surface area contributed by atoms with Gasteiger partial charge in [0.15, 0.2) is 9.84 Å². The first-order chi connectivity index (χ1) is 8.36. The molecule has 0 radical (unpaired) electrons. The molecule has 0 aliphatic carbocycles. The third-order valence-electron chi connectivity index (χ3n) is 2.61. The molecule has 0 aromatic carbocycles. The first-order valence-electron chi connectivity index (χ1n) is 5.87. The Morgan fingerprint density at radius 3 is 2.61 bits per heavy atom.